The average molecular weight is 194 g/mol. The Hall–Kier alpha value is -1.20. The summed E-state index contributed by atoms with van der Waals surface area (Å²) in [5.74, 6) is 0. The largest absolute Gasteiger partial charge is 0.326 e. The molecule has 4 nitrogen and oxygen atoms in total. The van der Waals surface area contributed by atoms with Crippen LogP contribution >= 0.6 is 11.3 Å². The Morgan fingerprint density at radius 2 is 2.46 bits per heavy atom. The summed E-state index contributed by atoms with van der Waals surface area (Å²) >= 11 is 1.57. The van der Waals surface area contributed by atoms with Crippen LogP contribution in [0.15, 0.2) is 17.8 Å². The molecule has 2 aromatic rings. The van der Waals surface area contributed by atoms with Gasteiger partial charge in [0, 0.05) is 23.7 Å². The third-order valence-corrected chi connectivity index (χ3v) is 2.62. The van der Waals surface area contributed by atoms with E-state index in [2.05, 4.69) is 10.1 Å². The molecule has 0 aliphatic carbocycles. The molecule has 0 aliphatic heterocycles. The molecule has 2 rings (SSSR count). The van der Waals surface area contributed by atoms with Gasteiger partial charge in [-0.05, 0) is 6.92 Å². The Bertz CT molecular complexity index is 404. The van der Waals surface area contributed by atoms with E-state index >= 15 is 0 Å². The molecule has 0 saturated carbocycles. The number of rotatable bonds is 2. The number of hydrogen-bond acceptors (Lipinski definition) is 4. The van der Waals surface area contributed by atoms with Crippen molar-refractivity contribution >= 4 is 11.3 Å². The maximum Gasteiger partial charge on any atom is 0.210 e. The molecule has 0 aromatic carbocycles. The Labute approximate surface area is 80.0 Å². The van der Waals surface area contributed by atoms with Gasteiger partial charge in [-0.3, -0.25) is 0 Å². The highest BCUT2D eigenvalue weighted by Gasteiger charge is 2.02. The van der Waals surface area contributed by atoms with Crippen molar-refractivity contribution < 1.29 is 0 Å². The van der Waals surface area contributed by atoms with Crippen molar-refractivity contribution in [3.63, 3.8) is 0 Å². The lowest BCUT2D eigenvalue weighted by molar-refractivity contribution is 0.864. The maximum atomic E-state index is 5.48. The van der Waals surface area contributed by atoms with Gasteiger partial charge in [-0.25, -0.2) is 9.67 Å². The molecule has 0 atom stereocenters. The van der Waals surface area contributed by atoms with E-state index in [0.29, 0.717) is 6.54 Å². The molecule has 0 spiro atoms. The van der Waals surface area contributed by atoms with Crippen LogP contribution in [0.3, 0.4) is 0 Å². The molecular formula is C8H10N4S. The Morgan fingerprint density at radius 1 is 1.62 bits per heavy atom. The van der Waals surface area contributed by atoms with Gasteiger partial charge in [0.25, 0.3) is 0 Å². The third kappa shape index (κ3) is 1.61. The molecule has 2 aromatic heterocycles. The molecule has 0 fully saturated rings. The minimum Gasteiger partial charge on any atom is -0.326 e. The monoisotopic (exact) mass is 194 g/mol. The fourth-order valence-corrected chi connectivity index (χ4v) is 1.75. The molecule has 5 heteroatoms. The number of nitrogens with zero attached hydrogens (tertiary/aromatic N) is 3. The minimum absolute atomic E-state index is 0.518. The van der Waals surface area contributed by atoms with Gasteiger partial charge in [0.2, 0.25) is 5.13 Å². The summed E-state index contributed by atoms with van der Waals surface area (Å²) in [6.07, 6.45) is 3.66. The van der Waals surface area contributed by atoms with E-state index in [1.165, 1.54) is 0 Å². The van der Waals surface area contributed by atoms with Crippen LogP contribution in [0, 0.1) is 6.92 Å². The van der Waals surface area contributed by atoms with Crippen molar-refractivity contribution in [3.8, 4) is 5.13 Å². The predicted molar refractivity (Wildman–Crippen MR) is 51.9 cm³/mol. The SMILES string of the molecule is Cc1csc(-n2cc(CN)cn2)n1. The molecule has 0 bridgehead atoms. The first kappa shape index (κ1) is 8.40. The second-order valence-electron chi connectivity index (χ2n) is 2.77. The molecule has 2 heterocycles. The lowest BCUT2D eigenvalue weighted by atomic mass is 10.4. The first-order valence-electron chi connectivity index (χ1n) is 3.95. The van der Waals surface area contributed by atoms with E-state index in [-0.39, 0.29) is 0 Å². The van der Waals surface area contributed by atoms with Crippen LogP contribution in [0.2, 0.25) is 0 Å². The van der Waals surface area contributed by atoms with Crippen molar-refractivity contribution in [2.75, 3.05) is 0 Å². The van der Waals surface area contributed by atoms with Crippen molar-refractivity contribution in [3.05, 3.63) is 29.0 Å². The molecule has 0 unspecified atom stereocenters. The Morgan fingerprint density at radius 3 is 3.00 bits per heavy atom. The van der Waals surface area contributed by atoms with Crippen LogP contribution in [-0.2, 0) is 6.54 Å². The average Bonchev–Trinajstić information content (AvgIpc) is 2.71. The third-order valence-electron chi connectivity index (χ3n) is 1.67. The van der Waals surface area contributed by atoms with Crippen LogP contribution in [0.1, 0.15) is 11.3 Å². The molecule has 0 saturated heterocycles. The summed E-state index contributed by atoms with van der Waals surface area (Å²) in [4.78, 5) is 4.31. The standard InChI is InChI=1S/C8H10N4S/c1-6-5-13-8(11-6)12-4-7(2-9)3-10-12/h3-5H,2,9H2,1H3. The van der Waals surface area contributed by atoms with Crippen molar-refractivity contribution in [1.29, 1.82) is 0 Å². The van der Waals surface area contributed by atoms with E-state index in [4.69, 9.17) is 5.73 Å². The summed E-state index contributed by atoms with van der Waals surface area (Å²) in [6.45, 7) is 2.48. The first-order chi connectivity index (χ1) is 6.29. The fourth-order valence-electron chi connectivity index (χ4n) is 1.02. The summed E-state index contributed by atoms with van der Waals surface area (Å²) in [6, 6.07) is 0. The van der Waals surface area contributed by atoms with Crippen LogP contribution < -0.4 is 5.73 Å². The van der Waals surface area contributed by atoms with E-state index in [1.54, 1.807) is 22.2 Å². The van der Waals surface area contributed by atoms with Gasteiger partial charge >= 0.3 is 0 Å². The Kier molecular flexibility index (Phi) is 2.12. The Balaban J connectivity index is 2.35. The highest BCUT2D eigenvalue weighted by Crippen LogP contribution is 2.13. The first-order valence-corrected chi connectivity index (χ1v) is 4.83. The summed E-state index contributed by atoms with van der Waals surface area (Å²) in [5.41, 5.74) is 7.52. The molecule has 0 aliphatic rings. The van der Waals surface area contributed by atoms with E-state index in [0.717, 1.165) is 16.4 Å². The molecular weight excluding hydrogens is 184 g/mol. The van der Waals surface area contributed by atoms with Gasteiger partial charge in [-0.1, -0.05) is 0 Å². The number of nitrogens with two attached hydrogens (primary N) is 1. The highest BCUT2D eigenvalue weighted by atomic mass is 32.1. The minimum atomic E-state index is 0.518. The molecule has 13 heavy (non-hydrogen) atoms. The van der Waals surface area contributed by atoms with Crippen LogP contribution in [0.4, 0.5) is 0 Å². The highest BCUT2D eigenvalue weighted by molar-refractivity contribution is 7.12. The van der Waals surface area contributed by atoms with Gasteiger partial charge in [0.15, 0.2) is 0 Å². The summed E-state index contributed by atoms with van der Waals surface area (Å²) in [5, 5.41) is 7.04. The predicted octanol–water partition coefficient (Wildman–Crippen LogP) is 1.10. The summed E-state index contributed by atoms with van der Waals surface area (Å²) < 4.78 is 1.75. The number of aromatic nitrogens is 3. The zero-order chi connectivity index (χ0) is 9.26. The van der Waals surface area contributed by atoms with Gasteiger partial charge in [-0.2, -0.15) is 5.10 Å². The van der Waals surface area contributed by atoms with Crippen LogP contribution in [-0.4, -0.2) is 14.8 Å². The van der Waals surface area contributed by atoms with Gasteiger partial charge in [0.1, 0.15) is 0 Å². The molecule has 2 N–H and O–H groups in total. The molecule has 0 amide bonds. The number of thiazole rings is 1. The second-order valence-corrected chi connectivity index (χ2v) is 3.61. The molecule has 0 radical (unpaired) electrons. The zero-order valence-electron chi connectivity index (χ0n) is 7.27. The van der Waals surface area contributed by atoms with Crippen molar-refractivity contribution in [2.45, 2.75) is 13.5 Å². The zero-order valence-corrected chi connectivity index (χ0v) is 8.08. The van der Waals surface area contributed by atoms with Crippen molar-refractivity contribution in [2.24, 2.45) is 5.73 Å². The molecule has 68 valence electrons. The van der Waals surface area contributed by atoms with Crippen LogP contribution in [0.25, 0.3) is 5.13 Å². The topological polar surface area (TPSA) is 56.7 Å². The van der Waals surface area contributed by atoms with E-state index < -0.39 is 0 Å². The summed E-state index contributed by atoms with van der Waals surface area (Å²) in [7, 11) is 0. The normalized spacial score (nSPS) is 10.6. The maximum absolute atomic E-state index is 5.48. The smallest absolute Gasteiger partial charge is 0.210 e. The van der Waals surface area contributed by atoms with E-state index in [9.17, 15) is 0 Å². The lowest BCUT2D eigenvalue weighted by Crippen LogP contribution is -1.95. The lowest BCUT2D eigenvalue weighted by Gasteiger charge is -1.91. The van der Waals surface area contributed by atoms with Crippen molar-refractivity contribution in [1.82, 2.24) is 14.8 Å². The fraction of sp³-hybridized carbons (Fsp3) is 0.250. The van der Waals surface area contributed by atoms with E-state index in [1.807, 2.05) is 18.5 Å². The number of aryl methyl sites for hydroxylation is 1. The van der Waals surface area contributed by atoms with Crippen LogP contribution in [0.5, 0.6) is 0 Å². The quantitative estimate of drug-likeness (QED) is 0.778. The van der Waals surface area contributed by atoms with Gasteiger partial charge in [-0.15, -0.1) is 11.3 Å². The second kappa shape index (κ2) is 3.27. The van der Waals surface area contributed by atoms with Gasteiger partial charge in [0.05, 0.1) is 11.9 Å². The van der Waals surface area contributed by atoms with Gasteiger partial charge < -0.3 is 5.73 Å². The number of hydrogen-bond donors (Lipinski definition) is 1.